The Bertz CT molecular complexity index is 616. The molecule has 5 nitrogen and oxygen atoms in total. The van der Waals surface area contributed by atoms with E-state index in [-0.39, 0.29) is 0 Å². The van der Waals surface area contributed by atoms with E-state index in [1.54, 1.807) is 7.11 Å². The molecule has 0 spiro atoms. The number of benzene rings is 1. The fraction of sp³-hybridized carbons (Fsp3) is 0.696. The highest BCUT2D eigenvalue weighted by Gasteiger charge is 2.36. The molecule has 0 amide bonds. The minimum atomic E-state index is 0.390. The van der Waals surface area contributed by atoms with Gasteiger partial charge in [-0.15, -0.1) is 0 Å². The Balaban J connectivity index is 1.44. The lowest BCUT2D eigenvalue weighted by Gasteiger charge is -2.42. The summed E-state index contributed by atoms with van der Waals surface area (Å²) < 4.78 is 5.29. The standard InChI is InChI=1S/C23H38N4O/c1-19-9-14-27(15-10-19)21-7-5-20(6-8-21)17-25-22(24-2)26-18-23(11-4-12-23)13-16-28-3/h5-8,19H,4,9-18H2,1-3H3,(H2,24,25,26). The van der Waals surface area contributed by atoms with Crippen LogP contribution in [0.5, 0.6) is 0 Å². The molecule has 156 valence electrons. The van der Waals surface area contributed by atoms with Crippen molar-refractivity contribution in [3.05, 3.63) is 29.8 Å². The molecule has 1 saturated carbocycles. The van der Waals surface area contributed by atoms with Crippen LogP contribution in [-0.2, 0) is 11.3 Å². The van der Waals surface area contributed by atoms with E-state index in [1.807, 2.05) is 7.05 Å². The molecule has 1 heterocycles. The minimum Gasteiger partial charge on any atom is -0.385 e. The van der Waals surface area contributed by atoms with Crippen molar-refractivity contribution in [2.45, 2.75) is 52.0 Å². The third kappa shape index (κ3) is 5.63. The minimum absolute atomic E-state index is 0.390. The number of methoxy groups -OCH3 is 1. The topological polar surface area (TPSA) is 48.9 Å². The number of hydrogen-bond acceptors (Lipinski definition) is 3. The number of hydrogen-bond donors (Lipinski definition) is 2. The summed E-state index contributed by atoms with van der Waals surface area (Å²) in [6, 6.07) is 8.99. The maximum absolute atomic E-state index is 5.29. The van der Waals surface area contributed by atoms with Gasteiger partial charge < -0.3 is 20.3 Å². The van der Waals surface area contributed by atoms with E-state index < -0.39 is 0 Å². The molecule has 1 saturated heterocycles. The van der Waals surface area contributed by atoms with Crippen LogP contribution in [0.3, 0.4) is 0 Å². The summed E-state index contributed by atoms with van der Waals surface area (Å²) in [4.78, 5) is 6.91. The molecule has 0 aromatic heterocycles. The van der Waals surface area contributed by atoms with Gasteiger partial charge in [0.25, 0.3) is 0 Å². The molecule has 0 bridgehead atoms. The molecular weight excluding hydrogens is 348 g/mol. The van der Waals surface area contributed by atoms with Crippen LogP contribution in [0.2, 0.25) is 0 Å². The second kappa shape index (κ2) is 10.1. The first-order valence-corrected chi connectivity index (χ1v) is 10.9. The van der Waals surface area contributed by atoms with E-state index >= 15 is 0 Å². The molecule has 2 N–H and O–H groups in total. The van der Waals surface area contributed by atoms with E-state index in [1.165, 1.54) is 56.4 Å². The maximum Gasteiger partial charge on any atom is 0.191 e. The number of piperidine rings is 1. The lowest BCUT2D eigenvalue weighted by molar-refractivity contribution is 0.0732. The third-order valence-corrected chi connectivity index (χ3v) is 6.65. The Kier molecular flexibility index (Phi) is 7.60. The average Bonchev–Trinajstić information content (AvgIpc) is 2.70. The van der Waals surface area contributed by atoms with Crippen molar-refractivity contribution in [1.82, 2.24) is 10.6 Å². The van der Waals surface area contributed by atoms with Crippen LogP contribution in [0.1, 0.15) is 51.0 Å². The van der Waals surface area contributed by atoms with E-state index in [4.69, 9.17) is 4.74 Å². The van der Waals surface area contributed by atoms with Crippen molar-refractivity contribution in [2.24, 2.45) is 16.3 Å². The highest BCUT2D eigenvalue weighted by Crippen LogP contribution is 2.43. The zero-order valence-electron chi connectivity index (χ0n) is 18.0. The van der Waals surface area contributed by atoms with Crippen LogP contribution in [0, 0.1) is 11.3 Å². The lowest BCUT2D eigenvalue weighted by Crippen LogP contribution is -2.46. The Labute approximate surface area is 170 Å². The zero-order valence-corrected chi connectivity index (χ0v) is 18.0. The summed E-state index contributed by atoms with van der Waals surface area (Å²) >= 11 is 0. The van der Waals surface area contributed by atoms with E-state index in [0.717, 1.165) is 38.0 Å². The molecule has 2 fully saturated rings. The summed E-state index contributed by atoms with van der Waals surface area (Å²) in [7, 11) is 3.63. The fourth-order valence-electron chi connectivity index (χ4n) is 4.28. The van der Waals surface area contributed by atoms with Gasteiger partial charge in [-0.05, 0) is 61.1 Å². The summed E-state index contributed by atoms with van der Waals surface area (Å²) in [6.45, 7) is 7.33. The number of nitrogens with one attached hydrogen (secondary N) is 2. The molecule has 5 heteroatoms. The lowest BCUT2D eigenvalue weighted by atomic mass is 9.67. The largest absolute Gasteiger partial charge is 0.385 e. The third-order valence-electron chi connectivity index (χ3n) is 6.65. The number of aliphatic imine (C=N–C) groups is 1. The van der Waals surface area contributed by atoms with Crippen molar-refractivity contribution in [3.8, 4) is 0 Å². The highest BCUT2D eigenvalue weighted by molar-refractivity contribution is 5.79. The molecule has 1 aromatic rings. The molecular formula is C23H38N4O. The number of anilines is 1. The number of nitrogens with zero attached hydrogens (tertiary/aromatic N) is 2. The Morgan fingerprint density at radius 1 is 1.18 bits per heavy atom. The van der Waals surface area contributed by atoms with Crippen molar-refractivity contribution < 1.29 is 4.74 Å². The first-order chi connectivity index (χ1) is 13.6. The predicted octanol–water partition coefficient (Wildman–Crippen LogP) is 3.79. The smallest absolute Gasteiger partial charge is 0.191 e. The van der Waals surface area contributed by atoms with Gasteiger partial charge in [-0.2, -0.15) is 0 Å². The van der Waals surface area contributed by atoms with Crippen molar-refractivity contribution in [3.63, 3.8) is 0 Å². The van der Waals surface area contributed by atoms with Crippen LogP contribution in [0.25, 0.3) is 0 Å². The van der Waals surface area contributed by atoms with Crippen LogP contribution < -0.4 is 15.5 Å². The molecule has 3 rings (SSSR count). The van der Waals surface area contributed by atoms with Crippen molar-refractivity contribution in [1.29, 1.82) is 0 Å². The average molecular weight is 387 g/mol. The predicted molar refractivity (Wildman–Crippen MR) is 118 cm³/mol. The molecule has 0 radical (unpaired) electrons. The summed E-state index contributed by atoms with van der Waals surface area (Å²) in [5.41, 5.74) is 3.03. The SMILES string of the molecule is CN=C(NCc1ccc(N2CCC(C)CC2)cc1)NCC1(CCOC)CCC1. The monoisotopic (exact) mass is 386 g/mol. The van der Waals surface area contributed by atoms with Crippen molar-refractivity contribution in [2.75, 3.05) is 45.3 Å². The highest BCUT2D eigenvalue weighted by atomic mass is 16.5. The molecule has 1 aliphatic carbocycles. The van der Waals surface area contributed by atoms with Crippen LogP contribution >= 0.6 is 0 Å². The Morgan fingerprint density at radius 3 is 2.46 bits per heavy atom. The summed E-state index contributed by atoms with van der Waals surface area (Å²) in [6.07, 6.45) is 7.65. The van der Waals surface area contributed by atoms with Crippen LogP contribution in [0.4, 0.5) is 5.69 Å². The molecule has 1 aromatic carbocycles. The summed E-state index contributed by atoms with van der Waals surface area (Å²) in [5, 5.41) is 7.00. The zero-order chi connectivity index (χ0) is 19.8. The van der Waals surface area contributed by atoms with Crippen molar-refractivity contribution >= 4 is 11.6 Å². The number of rotatable bonds is 8. The maximum atomic E-state index is 5.29. The van der Waals surface area contributed by atoms with E-state index in [2.05, 4.69) is 51.7 Å². The van der Waals surface area contributed by atoms with Gasteiger partial charge in [0.05, 0.1) is 0 Å². The quantitative estimate of drug-likeness (QED) is 0.527. The normalized spacial score (nSPS) is 20.0. The second-order valence-electron chi connectivity index (χ2n) is 8.71. The molecule has 1 aliphatic heterocycles. The second-order valence-corrected chi connectivity index (χ2v) is 8.71. The van der Waals surface area contributed by atoms with Gasteiger partial charge in [-0.25, -0.2) is 0 Å². The first-order valence-electron chi connectivity index (χ1n) is 10.9. The summed E-state index contributed by atoms with van der Waals surface area (Å²) in [5.74, 6) is 1.75. The molecule has 0 atom stereocenters. The van der Waals surface area contributed by atoms with Crippen LogP contribution in [-0.4, -0.2) is 46.4 Å². The number of ether oxygens (including phenoxy) is 1. The van der Waals surface area contributed by atoms with Gasteiger partial charge in [0.15, 0.2) is 5.96 Å². The first kappa shape index (κ1) is 21.0. The molecule has 0 unspecified atom stereocenters. The Morgan fingerprint density at radius 2 is 1.89 bits per heavy atom. The molecule has 2 aliphatic rings. The van der Waals surface area contributed by atoms with E-state index in [9.17, 15) is 0 Å². The fourth-order valence-corrected chi connectivity index (χ4v) is 4.28. The van der Waals surface area contributed by atoms with Gasteiger partial charge in [0, 0.05) is 52.6 Å². The van der Waals surface area contributed by atoms with Gasteiger partial charge in [-0.3, -0.25) is 4.99 Å². The van der Waals surface area contributed by atoms with Gasteiger partial charge in [-0.1, -0.05) is 25.5 Å². The molecule has 28 heavy (non-hydrogen) atoms. The van der Waals surface area contributed by atoms with Gasteiger partial charge in [0.2, 0.25) is 0 Å². The Hall–Kier alpha value is -1.75. The van der Waals surface area contributed by atoms with Gasteiger partial charge in [0.1, 0.15) is 0 Å². The van der Waals surface area contributed by atoms with Gasteiger partial charge >= 0.3 is 0 Å². The number of guanidine groups is 1. The van der Waals surface area contributed by atoms with E-state index in [0.29, 0.717) is 5.41 Å². The van der Waals surface area contributed by atoms with Crippen LogP contribution in [0.15, 0.2) is 29.3 Å².